The van der Waals surface area contributed by atoms with E-state index in [-0.39, 0.29) is 0 Å². The van der Waals surface area contributed by atoms with Crippen molar-refractivity contribution in [2.75, 3.05) is 0 Å². The Balaban J connectivity index is 2.10. The molecule has 0 aliphatic heterocycles. The predicted molar refractivity (Wildman–Crippen MR) is 39.4 cm³/mol. The molecule has 3 atom stereocenters. The van der Waals surface area contributed by atoms with Gasteiger partial charge in [0.25, 0.3) is 0 Å². The second-order valence-electron chi connectivity index (χ2n) is 3.45. The third-order valence-corrected chi connectivity index (χ3v) is 2.94. The van der Waals surface area contributed by atoms with Crippen molar-refractivity contribution in [1.29, 1.82) is 0 Å². The van der Waals surface area contributed by atoms with Crippen LogP contribution in [0.25, 0.3) is 0 Å². The van der Waals surface area contributed by atoms with Gasteiger partial charge in [0.2, 0.25) is 0 Å². The van der Waals surface area contributed by atoms with E-state index < -0.39 is 0 Å². The normalized spacial score (nSPS) is 46.7. The monoisotopic (exact) mass is 114 g/mol. The number of hydrogen-bond acceptors (Lipinski definition) is 0. The standard InChI is InChI=1S/C8H11.Li/c1-6-4-7-2-3-8(6)5-7;/h2-3,6-8H,1,4-5H2;. The van der Waals surface area contributed by atoms with Gasteiger partial charge >= 0.3 is 65.6 Å². The maximum absolute atomic E-state index is 2.43. The molecule has 1 heteroatoms. The van der Waals surface area contributed by atoms with E-state index in [1.54, 1.807) is 0 Å². The summed E-state index contributed by atoms with van der Waals surface area (Å²) in [6, 6.07) is 0. The van der Waals surface area contributed by atoms with Gasteiger partial charge in [-0.25, -0.2) is 0 Å². The Bertz CT molecular complexity index is 140. The molecule has 0 aromatic heterocycles. The number of allylic oxidation sites excluding steroid dienone is 2. The molecular formula is C8H11Li. The molecule has 44 valence electrons. The molecule has 0 N–H and O–H groups in total. The molecule has 2 aliphatic carbocycles. The van der Waals surface area contributed by atoms with E-state index in [0.717, 1.165) is 17.8 Å². The van der Waals surface area contributed by atoms with Crippen molar-refractivity contribution < 1.29 is 0 Å². The molecule has 0 aromatic carbocycles. The van der Waals surface area contributed by atoms with Gasteiger partial charge in [-0.2, -0.15) is 0 Å². The molecule has 0 radical (unpaired) electrons. The number of fused-ring (bicyclic) bond motifs is 2. The summed E-state index contributed by atoms with van der Waals surface area (Å²) < 4.78 is 0. The molecular weight excluding hydrogens is 103 g/mol. The van der Waals surface area contributed by atoms with Gasteiger partial charge in [0.1, 0.15) is 0 Å². The van der Waals surface area contributed by atoms with Crippen molar-refractivity contribution in [3.8, 4) is 0 Å². The molecule has 0 heterocycles. The molecule has 2 rings (SSSR count). The van der Waals surface area contributed by atoms with Gasteiger partial charge < -0.3 is 0 Å². The molecule has 0 spiro atoms. The van der Waals surface area contributed by atoms with Crippen molar-refractivity contribution >= 4 is 17.7 Å². The van der Waals surface area contributed by atoms with Crippen LogP contribution in [-0.2, 0) is 0 Å². The van der Waals surface area contributed by atoms with Crippen molar-refractivity contribution in [3.05, 3.63) is 12.2 Å². The molecule has 9 heavy (non-hydrogen) atoms. The van der Waals surface area contributed by atoms with Gasteiger partial charge in [-0.15, -0.1) is 0 Å². The Morgan fingerprint density at radius 2 is 2.22 bits per heavy atom. The predicted octanol–water partition coefficient (Wildman–Crippen LogP) is 1.79. The van der Waals surface area contributed by atoms with E-state index >= 15 is 0 Å². The van der Waals surface area contributed by atoms with Crippen molar-refractivity contribution in [2.24, 2.45) is 17.8 Å². The van der Waals surface area contributed by atoms with E-state index in [9.17, 15) is 0 Å². The van der Waals surface area contributed by atoms with Crippen LogP contribution in [0.1, 0.15) is 12.8 Å². The first-order valence-electron chi connectivity index (χ1n) is 4.08. The van der Waals surface area contributed by atoms with E-state index in [4.69, 9.17) is 0 Å². The van der Waals surface area contributed by atoms with Crippen LogP contribution in [0.5, 0.6) is 0 Å². The zero-order valence-electron chi connectivity index (χ0n) is 6.01. The van der Waals surface area contributed by atoms with Crippen LogP contribution in [-0.4, -0.2) is 17.7 Å². The van der Waals surface area contributed by atoms with Crippen LogP contribution < -0.4 is 0 Å². The fraction of sp³-hybridized carbons (Fsp3) is 0.750. The Hall–Kier alpha value is 0.337. The molecule has 0 amide bonds. The average molecular weight is 114 g/mol. The molecule has 2 aliphatic rings. The van der Waals surface area contributed by atoms with Crippen LogP contribution >= 0.6 is 0 Å². The summed E-state index contributed by atoms with van der Waals surface area (Å²) in [6.07, 6.45) is 7.80. The van der Waals surface area contributed by atoms with Crippen molar-refractivity contribution in [3.63, 3.8) is 0 Å². The van der Waals surface area contributed by atoms with Crippen LogP contribution in [0.4, 0.5) is 0 Å². The fourth-order valence-electron chi connectivity index (χ4n) is 2.36. The van der Waals surface area contributed by atoms with Gasteiger partial charge in [-0.3, -0.25) is 0 Å². The first kappa shape index (κ1) is 6.07. The molecule has 1 fully saturated rings. The average Bonchev–Trinajstić information content (AvgIpc) is 2.45. The topological polar surface area (TPSA) is 0 Å². The van der Waals surface area contributed by atoms with Crippen LogP contribution in [0.3, 0.4) is 0 Å². The van der Waals surface area contributed by atoms with Crippen LogP contribution in [0.15, 0.2) is 12.2 Å². The third kappa shape index (κ3) is 0.895. The van der Waals surface area contributed by atoms with Gasteiger partial charge in [0, 0.05) is 0 Å². The molecule has 0 saturated heterocycles. The minimum atomic E-state index is 0.972. The second kappa shape index (κ2) is 2.18. The Morgan fingerprint density at radius 3 is 2.56 bits per heavy atom. The first-order valence-corrected chi connectivity index (χ1v) is 4.08. The summed E-state index contributed by atoms with van der Waals surface area (Å²) in [5, 5.41) is 1.39. The Kier molecular flexibility index (Phi) is 1.47. The van der Waals surface area contributed by atoms with Gasteiger partial charge in [0.05, 0.1) is 0 Å². The van der Waals surface area contributed by atoms with Crippen molar-refractivity contribution in [2.45, 2.75) is 17.9 Å². The Morgan fingerprint density at radius 1 is 1.33 bits per heavy atom. The third-order valence-electron chi connectivity index (χ3n) is 2.94. The van der Waals surface area contributed by atoms with Crippen molar-refractivity contribution in [1.82, 2.24) is 0 Å². The SMILES string of the molecule is [Li][CH2]C1CC2C=CC1C2. The zero-order chi connectivity index (χ0) is 6.27. The summed E-state index contributed by atoms with van der Waals surface area (Å²) in [7, 11) is 0. The zero-order valence-corrected chi connectivity index (χ0v) is 6.01. The molecule has 3 unspecified atom stereocenters. The summed E-state index contributed by atoms with van der Waals surface area (Å²) >= 11 is 2.32. The molecule has 1 saturated carbocycles. The molecule has 0 aromatic rings. The minimum absolute atomic E-state index is 0.972. The summed E-state index contributed by atoms with van der Waals surface area (Å²) in [4.78, 5) is 0. The molecule has 2 bridgehead atoms. The summed E-state index contributed by atoms with van der Waals surface area (Å²) in [6.45, 7) is 0. The van der Waals surface area contributed by atoms with Gasteiger partial charge in [-0.05, 0) is 0 Å². The van der Waals surface area contributed by atoms with E-state index in [0.29, 0.717) is 0 Å². The fourth-order valence-corrected chi connectivity index (χ4v) is 2.36. The number of rotatable bonds is 1. The first-order chi connectivity index (χ1) is 4.40. The van der Waals surface area contributed by atoms with E-state index in [2.05, 4.69) is 29.9 Å². The number of hydrogen-bond donors (Lipinski definition) is 0. The second-order valence-corrected chi connectivity index (χ2v) is 3.45. The van der Waals surface area contributed by atoms with E-state index in [1.807, 2.05) is 0 Å². The van der Waals surface area contributed by atoms with Crippen LogP contribution in [0, 0.1) is 17.8 Å². The van der Waals surface area contributed by atoms with E-state index in [1.165, 1.54) is 17.9 Å². The van der Waals surface area contributed by atoms with Gasteiger partial charge in [0.15, 0.2) is 0 Å². The Labute approximate surface area is 65.9 Å². The quantitative estimate of drug-likeness (QED) is 0.360. The van der Waals surface area contributed by atoms with Gasteiger partial charge in [-0.1, -0.05) is 0 Å². The summed E-state index contributed by atoms with van der Waals surface area (Å²) in [5.41, 5.74) is 0. The molecule has 0 nitrogen and oxygen atoms in total. The van der Waals surface area contributed by atoms with Crippen LogP contribution in [0.2, 0.25) is 5.09 Å². The maximum atomic E-state index is 2.43. The summed E-state index contributed by atoms with van der Waals surface area (Å²) in [5.74, 6) is 2.99.